The van der Waals surface area contributed by atoms with Crippen LogP contribution in [0.25, 0.3) is 0 Å². The van der Waals surface area contributed by atoms with Gasteiger partial charge >= 0.3 is 0 Å². The lowest BCUT2D eigenvalue weighted by molar-refractivity contribution is 0.0588. The Balaban J connectivity index is 1.46. The molecular weight excluding hydrogens is 354 g/mol. The molecule has 23 heavy (non-hydrogen) atoms. The average Bonchev–Trinajstić information content (AvgIpc) is 2.59. The zero-order valence-corrected chi connectivity index (χ0v) is 15.1. The van der Waals surface area contributed by atoms with E-state index >= 15 is 0 Å². The number of halogens is 1. The monoisotopic (exact) mass is 379 g/mol. The first kappa shape index (κ1) is 16.9. The van der Waals surface area contributed by atoms with Gasteiger partial charge in [-0.15, -0.1) is 0 Å². The molecule has 5 heteroatoms. The molecule has 0 radical (unpaired) electrons. The summed E-state index contributed by atoms with van der Waals surface area (Å²) in [7, 11) is 0. The topological polar surface area (TPSA) is 51.4 Å². The Labute approximate surface area is 147 Å². The number of nitrogens with two attached hydrogens (primary N) is 1. The van der Waals surface area contributed by atoms with Crippen LogP contribution >= 0.6 is 15.9 Å². The van der Waals surface area contributed by atoms with Gasteiger partial charge in [0.1, 0.15) is 5.82 Å². The van der Waals surface area contributed by atoms with Crippen molar-refractivity contribution in [2.75, 3.05) is 31.2 Å². The van der Waals surface area contributed by atoms with Gasteiger partial charge in [-0.1, -0.05) is 28.1 Å². The highest BCUT2D eigenvalue weighted by atomic mass is 79.9. The summed E-state index contributed by atoms with van der Waals surface area (Å²) in [5, 5.41) is 0. The summed E-state index contributed by atoms with van der Waals surface area (Å²) in [5.74, 6) is 2.09. The number of hydrogen-bond acceptors (Lipinski definition) is 4. The summed E-state index contributed by atoms with van der Waals surface area (Å²) in [4.78, 5) is 6.79. The quantitative estimate of drug-likeness (QED) is 0.852. The van der Waals surface area contributed by atoms with Crippen LogP contribution in [0.1, 0.15) is 25.7 Å². The molecule has 1 fully saturated rings. The molecule has 1 aromatic rings. The summed E-state index contributed by atoms with van der Waals surface area (Å²) in [6.45, 7) is 3.53. The van der Waals surface area contributed by atoms with Crippen molar-refractivity contribution in [2.45, 2.75) is 31.7 Å². The fourth-order valence-electron chi connectivity index (χ4n) is 3.37. The van der Waals surface area contributed by atoms with Crippen molar-refractivity contribution < 1.29 is 4.74 Å². The summed E-state index contributed by atoms with van der Waals surface area (Å²) in [6, 6.07) is 6.30. The van der Waals surface area contributed by atoms with Gasteiger partial charge in [0.2, 0.25) is 0 Å². The Hall–Kier alpha value is -0.910. The van der Waals surface area contributed by atoms with Crippen LogP contribution in [0.2, 0.25) is 0 Å². The number of ether oxygens (including phenoxy) is 1. The number of aromatic nitrogens is 1. The predicted molar refractivity (Wildman–Crippen MR) is 97.7 cm³/mol. The number of hydrogen-bond donors (Lipinski definition) is 1. The first-order valence-corrected chi connectivity index (χ1v) is 9.35. The second-order valence-corrected chi connectivity index (χ2v) is 7.69. The summed E-state index contributed by atoms with van der Waals surface area (Å²) < 4.78 is 7.37. The van der Waals surface area contributed by atoms with E-state index in [-0.39, 0.29) is 6.04 Å². The van der Waals surface area contributed by atoms with Gasteiger partial charge in [0.05, 0.1) is 6.61 Å². The van der Waals surface area contributed by atoms with Crippen LogP contribution < -0.4 is 10.6 Å². The van der Waals surface area contributed by atoms with Crippen LogP contribution in [-0.4, -0.2) is 37.3 Å². The normalized spacial score (nSPS) is 28.5. The first-order valence-electron chi connectivity index (χ1n) is 8.56. The Bertz CT molecular complexity index is 522. The molecule has 1 saturated heterocycles. The van der Waals surface area contributed by atoms with Crippen molar-refractivity contribution in [2.24, 2.45) is 17.6 Å². The van der Waals surface area contributed by atoms with E-state index in [2.05, 4.69) is 38.0 Å². The van der Waals surface area contributed by atoms with Crippen molar-refractivity contribution >= 4 is 21.7 Å². The van der Waals surface area contributed by atoms with Crippen molar-refractivity contribution in [1.82, 2.24) is 4.98 Å². The van der Waals surface area contributed by atoms with Crippen molar-refractivity contribution in [3.8, 4) is 0 Å². The fraction of sp³-hybridized carbons (Fsp3) is 0.611. The molecule has 3 rings (SSSR count). The van der Waals surface area contributed by atoms with Gasteiger partial charge < -0.3 is 15.4 Å². The minimum absolute atomic E-state index is 0.232. The number of anilines is 1. The predicted octanol–water partition coefficient (Wildman–Crippen LogP) is 3.33. The molecule has 2 N–H and O–H groups in total. The highest BCUT2D eigenvalue weighted by Crippen LogP contribution is 2.27. The maximum atomic E-state index is 6.31. The van der Waals surface area contributed by atoms with E-state index in [9.17, 15) is 0 Å². The largest absolute Gasteiger partial charge is 0.381 e. The van der Waals surface area contributed by atoms with Crippen molar-refractivity contribution in [3.63, 3.8) is 0 Å². The molecule has 0 aromatic carbocycles. The molecule has 0 saturated carbocycles. The van der Waals surface area contributed by atoms with Crippen LogP contribution in [0.3, 0.4) is 0 Å². The van der Waals surface area contributed by atoms with Crippen LogP contribution in [0.4, 0.5) is 5.82 Å². The molecule has 1 aromatic heterocycles. The van der Waals surface area contributed by atoms with Gasteiger partial charge in [0, 0.05) is 37.9 Å². The third kappa shape index (κ3) is 4.78. The van der Waals surface area contributed by atoms with Gasteiger partial charge in [-0.3, -0.25) is 0 Å². The molecule has 0 spiro atoms. The molecule has 1 aliphatic carbocycles. The van der Waals surface area contributed by atoms with Crippen LogP contribution in [-0.2, 0) is 4.74 Å². The molecular formula is C18H26BrN3O. The Morgan fingerprint density at radius 2 is 2.22 bits per heavy atom. The van der Waals surface area contributed by atoms with Crippen LogP contribution in [0, 0.1) is 11.8 Å². The van der Waals surface area contributed by atoms with Gasteiger partial charge in [-0.05, 0) is 48.2 Å². The molecule has 126 valence electrons. The van der Waals surface area contributed by atoms with Gasteiger partial charge in [-0.25, -0.2) is 4.98 Å². The molecule has 4 nitrogen and oxygen atoms in total. The fourth-order valence-corrected chi connectivity index (χ4v) is 3.79. The first-order chi connectivity index (χ1) is 11.2. The van der Waals surface area contributed by atoms with E-state index in [0.29, 0.717) is 11.8 Å². The smallest absolute Gasteiger partial charge is 0.128 e. The molecule has 2 heterocycles. The zero-order valence-electron chi connectivity index (χ0n) is 13.5. The summed E-state index contributed by atoms with van der Waals surface area (Å²) in [5.41, 5.74) is 6.31. The Kier molecular flexibility index (Phi) is 6.08. The van der Waals surface area contributed by atoms with E-state index in [1.165, 1.54) is 10.9 Å². The Morgan fingerprint density at radius 1 is 1.30 bits per heavy atom. The van der Waals surface area contributed by atoms with E-state index in [1.54, 1.807) is 0 Å². The molecule has 0 amide bonds. The highest BCUT2D eigenvalue weighted by molar-refractivity contribution is 9.11. The third-order valence-corrected chi connectivity index (χ3v) is 5.64. The lowest BCUT2D eigenvalue weighted by Crippen LogP contribution is -2.49. The Morgan fingerprint density at radius 3 is 2.96 bits per heavy atom. The number of piperidine rings is 1. The lowest BCUT2D eigenvalue weighted by Gasteiger charge is -2.37. The van der Waals surface area contributed by atoms with E-state index < -0.39 is 0 Å². The second-order valence-electron chi connectivity index (χ2n) is 6.68. The minimum Gasteiger partial charge on any atom is -0.381 e. The molecule has 3 atom stereocenters. The maximum absolute atomic E-state index is 6.31. The van der Waals surface area contributed by atoms with Crippen molar-refractivity contribution in [3.05, 3.63) is 35.0 Å². The summed E-state index contributed by atoms with van der Waals surface area (Å²) in [6.07, 6.45) is 8.62. The van der Waals surface area contributed by atoms with Crippen molar-refractivity contribution in [1.29, 1.82) is 0 Å². The zero-order chi connectivity index (χ0) is 16.1. The van der Waals surface area contributed by atoms with Gasteiger partial charge in [-0.2, -0.15) is 0 Å². The van der Waals surface area contributed by atoms with Gasteiger partial charge in [0.15, 0.2) is 0 Å². The molecule has 2 aliphatic rings. The SMILES string of the molecule is NC1CCN(c2ccccn2)CC1COCC1CC=C(Br)CC1. The van der Waals surface area contributed by atoms with E-state index in [1.807, 2.05) is 18.3 Å². The molecule has 1 aliphatic heterocycles. The molecule has 0 bridgehead atoms. The second kappa shape index (κ2) is 8.27. The van der Waals surface area contributed by atoms with E-state index in [0.717, 1.165) is 51.4 Å². The average molecular weight is 380 g/mol. The number of nitrogens with zero attached hydrogens (tertiary/aromatic N) is 2. The number of pyridine rings is 1. The number of allylic oxidation sites excluding steroid dienone is 2. The standard InChI is InChI=1S/C18H26BrN3O/c19-16-6-4-14(5-7-16)12-23-13-15-11-22(10-8-17(15)20)18-3-1-2-9-21-18/h1-3,6,9,14-15,17H,4-5,7-8,10-13,20H2. The van der Waals surface area contributed by atoms with Crippen LogP contribution in [0.15, 0.2) is 35.0 Å². The lowest BCUT2D eigenvalue weighted by atomic mass is 9.93. The van der Waals surface area contributed by atoms with Crippen LogP contribution in [0.5, 0.6) is 0 Å². The molecule has 3 unspecified atom stereocenters. The summed E-state index contributed by atoms with van der Waals surface area (Å²) >= 11 is 3.58. The maximum Gasteiger partial charge on any atom is 0.128 e. The third-order valence-electron chi connectivity index (χ3n) is 4.92. The van der Waals surface area contributed by atoms with E-state index in [4.69, 9.17) is 10.5 Å². The minimum atomic E-state index is 0.232. The van der Waals surface area contributed by atoms with Gasteiger partial charge in [0.25, 0.3) is 0 Å². The number of rotatable bonds is 5. The highest BCUT2D eigenvalue weighted by Gasteiger charge is 2.27.